The molecule has 24 heavy (non-hydrogen) atoms. The van der Waals surface area contributed by atoms with Gasteiger partial charge in [-0.3, -0.25) is 4.79 Å². The van der Waals surface area contributed by atoms with Gasteiger partial charge in [-0.15, -0.1) is 0 Å². The lowest BCUT2D eigenvalue weighted by molar-refractivity contribution is -0.167. The van der Waals surface area contributed by atoms with Crippen LogP contribution in [0.5, 0.6) is 0 Å². The maximum absolute atomic E-state index is 12.8. The van der Waals surface area contributed by atoms with Gasteiger partial charge in [-0.05, 0) is 38.3 Å². The van der Waals surface area contributed by atoms with E-state index in [1.165, 1.54) is 0 Å². The van der Waals surface area contributed by atoms with Crippen molar-refractivity contribution in [3.05, 3.63) is 0 Å². The van der Waals surface area contributed by atoms with Gasteiger partial charge in [0.15, 0.2) is 0 Å². The lowest BCUT2D eigenvalue weighted by atomic mass is 9.61. The summed E-state index contributed by atoms with van der Waals surface area (Å²) < 4.78 is 5.48. The molecule has 0 aliphatic carbocycles. The molecule has 0 radical (unpaired) electrons. The quantitative estimate of drug-likeness (QED) is 0.497. The summed E-state index contributed by atoms with van der Waals surface area (Å²) in [4.78, 5) is 14.8. The predicted octanol–water partition coefficient (Wildman–Crippen LogP) is 2.53. The number of ether oxygens (including phenoxy) is 1. The number of rotatable bonds is 9. The summed E-state index contributed by atoms with van der Waals surface area (Å²) >= 11 is 0. The highest BCUT2D eigenvalue weighted by atomic mass is 16.5. The Kier molecular flexibility index (Phi) is 8.91. The second-order valence-corrected chi connectivity index (χ2v) is 9.58. The third-order valence-electron chi connectivity index (χ3n) is 4.51. The van der Waals surface area contributed by atoms with Crippen LogP contribution in [-0.2, 0) is 9.53 Å². The Morgan fingerprint density at radius 2 is 1.67 bits per heavy atom. The Morgan fingerprint density at radius 3 is 2.08 bits per heavy atom. The predicted molar refractivity (Wildman–Crippen MR) is 100 cm³/mol. The molecule has 0 saturated carbocycles. The first-order chi connectivity index (χ1) is 10.7. The zero-order chi connectivity index (χ0) is 19.2. The summed E-state index contributed by atoms with van der Waals surface area (Å²) in [6.07, 6.45) is 0.0504. The molecule has 0 aromatic heterocycles. The van der Waals surface area contributed by atoms with Gasteiger partial charge in [0.2, 0.25) is 0 Å². The van der Waals surface area contributed by atoms with E-state index in [-0.39, 0.29) is 23.4 Å². The van der Waals surface area contributed by atoms with Crippen LogP contribution in [0, 0.1) is 16.2 Å². The fourth-order valence-electron chi connectivity index (χ4n) is 2.67. The molecule has 0 rings (SSSR count). The Labute approximate surface area is 149 Å². The van der Waals surface area contributed by atoms with Crippen LogP contribution in [0.1, 0.15) is 54.9 Å². The number of nitrogens with zero attached hydrogens (tertiary/aromatic N) is 1. The maximum Gasteiger partial charge on any atom is 0.312 e. The minimum absolute atomic E-state index is 0.0212. The van der Waals surface area contributed by atoms with E-state index in [1.807, 2.05) is 21.0 Å². The molecule has 0 aliphatic heterocycles. The number of aliphatic hydroxyl groups is 1. The molecule has 144 valence electrons. The number of hydrogen-bond donors (Lipinski definition) is 2. The number of hydrogen-bond acceptors (Lipinski definition) is 5. The molecule has 0 fully saturated rings. The van der Waals surface area contributed by atoms with E-state index >= 15 is 0 Å². The highest BCUT2D eigenvalue weighted by Crippen LogP contribution is 2.47. The van der Waals surface area contributed by atoms with Crippen molar-refractivity contribution in [2.24, 2.45) is 16.2 Å². The molecule has 5 heteroatoms. The van der Waals surface area contributed by atoms with Crippen LogP contribution in [0.25, 0.3) is 0 Å². The van der Waals surface area contributed by atoms with Gasteiger partial charge >= 0.3 is 5.97 Å². The van der Waals surface area contributed by atoms with Crippen LogP contribution in [0.15, 0.2) is 0 Å². The number of nitrogens with one attached hydrogen (secondary N) is 1. The topological polar surface area (TPSA) is 61.8 Å². The number of carbonyl (C=O) groups excluding carboxylic acids is 1. The molecule has 2 atom stereocenters. The molecule has 5 nitrogen and oxygen atoms in total. The molecular formula is C19H40N2O3. The smallest absolute Gasteiger partial charge is 0.312 e. The van der Waals surface area contributed by atoms with Gasteiger partial charge < -0.3 is 20.1 Å². The van der Waals surface area contributed by atoms with Gasteiger partial charge in [0.1, 0.15) is 12.7 Å². The molecule has 0 spiro atoms. The Morgan fingerprint density at radius 1 is 1.12 bits per heavy atom. The highest BCUT2D eigenvalue weighted by Gasteiger charge is 2.47. The molecule has 0 aromatic carbocycles. The summed E-state index contributed by atoms with van der Waals surface area (Å²) in [5, 5.41) is 13.2. The van der Waals surface area contributed by atoms with E-state index in [0.717, 1.165) is 19.5 Å². The van der Waals surface area contributed by atoms with E-state index in [0.29, 0.717) is 6.54 Å². The van der Waals surface area contributed by atoms with Crippen molar-refractivity contribution >= 4 is 5.97 Å². The van der Waals surface area contributed by atoms with E-state index in [1.54, 1.807) is 0 Å². The first-order valence-electron chi connectivity index (χ1n) is 8.90. The van der Waals surface area contributed by atoms with Crippen LogP contribution >= 0.6 is 0 Å². The largest absolute Gasteiger partial charge is 0.462 e. The van der Waals surface area contributed by atoms with Gasteiger partial charge in [0.25, 0.3) is 0 Å². The normalized spacial score (nSPS) is 16.8. The van der Waals surface area contributed by atoms with E-state index in [2.05, 4.69) is 51.8 Å². The average molecular weight is 345 g/mol. The summed E-state index contributed by atoms with van der Waals surface area (Å²) in [5.41, 5.74) is -0.789. The zero-order valence-electron chi connectivity index (χ0n) is 17.3. The van der Waals surface area contributed by atoms with Crippen LogP contribution < -0.4 is 5.32 Å². The average Bonchev–Trinajstić information content (AvgIpc) is 2.37. The molecule has 0 saturated heterocycles. The van der Waals surface area contributed by atoms with Crippen LogP contribution in [0.2, 0.25) is 0 Å². The molecule has 0 aromatic rings. The standard InChI is InChI=1S/C19H40N2O3/c1-17(2,3)14-19(7,18(4,5)6)16(23)24-13-15(22)12-20-10-11-21(8)9/h15,20,22H,10-14H2,1-9H3. The Bertz CT molecular complexity index is 383. The number of carbonyl (C=O) groups is 1. The van der Waals surface area contributed by atoms with Gasteiger partial charge in [-0.2, -0.15) is 0 Å². The van der Waals surface area contributed by atoms with E-state index in [4.69, 9.17) is 4.74 Å². The van der Waals surface area contributed by atoms with Crippen molar-refractivity contribution in [3.8, 4) is 0 Å². The second-order valence-electron chi connectivity index (χ2n) is 9.58. The third-order valence-corrected chi connectivity index (χ3v) is 4.51. The first-order valence-corrected chi connectivity index (χ1v) is 8.90. The fraction of sp³-hybridized carbons (Fsp3) is 0.947. The molecule has 2 unspecified atom stereocenters. The van der Waals surface area contributed by atoms with Gasteiger partial charge in [-0.1, -0.05) is 41.5 Å². The van der Waals surface area contributed by atoms with Crippen LogP contribution in [0.3, 0.4) is 0 Å². The minimum atomic E-state index is -0.685. The third kappa shape index (κ3) is 8.45. The number of esters is 1. The summed E-state index contributed by atoms with van der Waals surface area (Å²) in [7, 11) is 4.00. The molecule has 0 heterocycles. The lowest BCUT2D eigenvalue weighted by Gasteiger charge is -2.43. The van der Waals surface area contributed by atoms with Crippen molar-refractivity contribution in [3.63, 3.8) is 0 Å². The van der Waals surface area contributed by atoms with Gasteiger partial charge in [0.05, 0.1) is 5.41 Å². The zero-order valence-corrected chi connectivity index (χ0v) is 17.3. The lowest BCUT2D eigenvalue weighted by Crippen LogP contribution is -2.45. The van der Waals surface area contributed by atoms with E-state index < -0.39 is 11.5 Å². The molecule has 0 aliphatic rings. The van der Waals surface area contributed by atoms with Crippen molar-refractivity contribution in [1.82, 2.24) is 10.2 Å². The molecule has 0 amide bonds. The summed E-state index contributed by atoms with van der Waals surface area (Å²) in [6.45, 7) is 16.7. The molecule has 2 N–H and O–H groups in total. The second kappa shape index (κ2) is 9.16. The van der Waals surface area contributed by atoms with Crippen molar-refractivity contribution < 1.29 is 14.6 Å². The van der Waals surface area contributed by atoms with Crippen molar-refractivity contribution in [2.75, 3.05) is 40.3 Å². The van der Waals surface area contributed by atoms with Crippen molar-refractivity contribution in [1.29, 1.82) is 0 Å². The summed E-state index contributed by atoms with van der Waals surface area (Å²) in [6, 6.07) is 0. The maximum atomic E-state index is 12.8. The van der Waals surface area contributed by atoms with E-state index in [9.17, 15) is 9.90 Å². The van der Waals surface area contributed by atoms with Crippen LogP contribution in [0.4, 0.5) is 0 Å². The van der Waals surface area contributed by atoms with Crippen molar-refractivity contribution in [2.45, 2.75) is 61.0 Å². The van der Waals surface area contributed by atoms with Gasteiger partial charge in [0, 0.05) is 19.6 Å². The van der Waals surface area contributed by atoms with Gasteiger partial charge in [-0.25, -0.2) is 0 Å². The number of aliphatic hydroxyl groups excluding tert-OH is 1. The summed E-state index contributed by atoms with van der Waals surface area (Å²) in [5.74, 6) is -0.225. The van der Waals surface area contributed by atoms with Crippen LogP contribution in [-0.4, -0.2) is 62.4 Å². The molecular weight excluding hydrogens is 304 g/mol. The highest BCUT2D eigenvalue weighted by molar-refractivity contribution is 5.77. The molecule has 0 bridgehead atoms. The SMILES string of the molecule is CN(C)CCNCC(O)COC(=O)C(C)(CC(C)(C)C)C(C)(C)C. The Hall–Kier alpha value is -0.650. The fourth-order valence-corrected chi connectivity index (χ4v) is 2.67. The number of likely N-dealkylation sites (N-methyl/N-ethyl adjacent to an activating group) is 1. The monoisotopic (exact) mass is 344 g/mol. The Balaban J connectivity index is 4.58. The minimum Gasteiger partial charge on any atom is -0.462 e. The first kappa shape index (κ1) is 23.4.